The summed E-state index contributed by atoms with van der Waals surface area (Å²) in [4.78, 5) is 3.64. The molecule has 17 heavy (non-hydrogen) atoms. The summed E-state index contributed by atoms with van der Waals surface area (Å²) in [5.41, 5.74) is 1.82. The van der Waals surface area contributed by atoms with Gasteiger partial charge in [-0.3, -0.25) is 5.41 Å². The van der Waals surface area contributed by atoms with Gasteiger partial charge in [-0.05, 0) is 6.92 Å². The molecule has 0 radical (unpaired) electrons. The Hall–Kier alpha value is -1.82. The molecule has 2 N–H and O–H groups in total. The molecule has 0 aromatic heterocycles. The average Bonchev–Trinajstić information content (AvgIpc) is 2.25. The SMILES string of the molecule is Cc1ccc(C(C=N)=NC(=N)S(C)(=O)=O)cc1. The van der Waals surface area contributed by atoms with Crippen molar-refractivity contribution in [2.75, 3.05) is 6.26 Å². The standard InChI is InChI=1S/C11H13N3O2S/c1-8-3-5-9(6-4-8)10(7-12)14-11(13)17(2,15)16/h3-7,12-13H,1-2H3. The number of nitrogens with one attached hydrogen (secondary N) is 2. The molecule has 0 spiro atoms. The Morgan fingerprint density at radius 3 is 2.24 bits per heavy atom. The first-order chi connectivity index (χ1) is 7.84. The first kappa shape index (κ1) is 13.2. The van der Waals surface area contributed by atoms with Crippen LogP contribution in [0.1, 0.15) is 11.1 Å². The van der Waals surface area contributed by atoms with Crippen LogP contribution in [0, 0.1) is 17.7 Å². The van der Waals surface area contributed by atoms with E-state index in [2.05, 4.69) is 4.99 Å². The number of aryl methyl sites for hydroxylation is 1. The molecule has 0 aliphatic rings. The fourth-order valence-corrected chi connectivity index (χ4v) is 1.36. The van der Waals surface area contributed by atoms with E-state index in [4.69, 9.17) is 10.8 Å². The van der Waals surface area contributed by atoms with E-state index in [-0.39, 0.29) is 5.71 Å². The molecule has 0 saturated heterocycles. The van der Waals surface area contributed by atoms with Gasteiger partial charge in [-0.1, -0.05) is 29.8 Å². The van der Waals surface area contributed by atoms with Crippen molar-refractivity contribution in [2.45, 2.75) is 6.92 Å². The van der Waals surface area contributed by atoms with Crippen LogP contribution in [0.4, 0.5) is 0 Å². The first-order valence-electron chi connectivity index (χ1n) is 4.79. The lowest BCUT2D eigenvalue weighted by Crippen LogP contribution is -2.13. The lowest BCUT2D eigenvalue weighted by Gasteiger charge is -2.01. The van der Waals surface area contributed by atoms with E-state index in [1.807, 2.05) is 19.1 Å². The maximum Gasteiger partial charge on any atom is 0.239 e. The third-order valence-corrected chi connectivity index (χ3v) is 2.85. The zero-order valence-corrected chi connectivity index (χ0v) is 10.4. The average molecular weight is 251 g/mol. The molecule has 0 heterocycles. The van der Waals surface area contributed by atoms with Gasteiger partial charge in [-0.2, -0.15) is 0 Å². The topological polar surface area (TPSA) is 94.2 Å². The van der Waals surface area contributed by atoms with Gasteiger partial charge in [0.15, 0.2) is 0 Å². The van der Waals surface area contributed by atoms with Crippen LogP contribution in [0.5, 0.6) is 0 Å². The summed E-state index contributed by atoms with van der Waals surface area (Å²) >= 11 is 0. The molecule has 0 fully saturated rings. The first-order valence-corrected chi connectivity index (χ1v) is 6.68. The van der Waals surface area contributed by atoms with Crippen LogP contribution in [0.25, 0.3) is 0 Å². The molecule has 0 saturated carbocycles. The van der Waals surface area contributed by atoms with Crippen molar-refractivity contribution in [2.24, 2.45) is 4.99 Å². The number of hydrogen-bond acceptors (Lipinski definition) is 4. The maximum absolute atomic E-state index is 11.1. The summed E-state index contributed by atoms with van der Waals surface area (Å²) < 4.78 is 22.1. The predicted octanol–water partition coefficient (Wildman–Crippen LogP) is 1.41. The molecule has 1 aromatic carbocycles. The second kappa shape index (κ2) is 5.01. The van der Waals surface area contributed by atoms with Crippen LogP contribution in [-0.2, 0) is 9.84 Å². The van der Waals surface area contributed by atoms with Gasteiger partial charge in [0.1, 0.15) is 0 Å². The zero-order valence-electron chi connectivity index (χ0n) is 9.56. The van der Waals surface area contributed by atoms with Gasteiger partial charge in [-0.15, -0.1) is 0 Å². The Labute approximate surface area is 100 Å². The number of rotatable bonds is 2. The molecule has 0 aliphatic heterocycles. The van der Waals surface area contributed by atoms with Crippen LogP contribution >= 0.6 is 0 Å². The maximum atomic E-state index is 11.1. The number of aliphatic imine (C=N–C) groups is 1. The molecule has 5 nitrogen and oxygen atoms in total. The lowest BCUT2D eigenvalue weighted by atomic mass is 10.1. The summed E-state index contributed by atoms with van der Waals surface area (Å²) in [6.45, 7) is 1.92. The quantitative estimate of drug-likeness (QED) is 0.614. The van der Waals surface area contributed by atoms with E-state index in [1.54, 1.807) is 12.1 Å². The van der Waals surface area contributed by atoms with Crippen LogP contribution in [0.2, 0.25) is 0 Å². The second-order valence-corrected chi connectivity index (χ2v) is 5.52. The third-order valence-electron chi connectivity index (χ3n) is 2.06. The highest BCUT2D eigenvalue weighted by atomic mass is 32.2. The van der Waals surface area contributed by atoms with Gasteiger partial charge in [0.25, 0.3) is 0 Å². The van der Waals surface area contributed by atoms with Crippen molar-refractivity contribution in [1.82, 2.24) is 0 Å². The Balaban J connectivity index is 3.17. The van der Waals surface area contributed by atoms with E-state index in [9.17, 15) is 8.42 Å². The zero-order chi connectivity index (χ0) is 13.1. The van der Waals surface area contributed by atoms with Crippen LogP contribution < -0.4 is 0 Å². The molecule has 0 atom stereocenters. The summed E-state index contributed by atoms with van der Waals surface area (Å²) in [7, 11) is -3.63. The van der Waals surface area contributed by atoms with Crippen molar-refractivity contribution in [1.29, 1.82) is 10.8 Å². The molecule has 6 heteroatoms. The fourth-order valence-electron chi connectivity index (χ4n) is 1.10. The Bertz CT molecular complexity index is 571. The third kappa shape index (κ3) is 3.60. The van der Waals surface area contributed by atoms with Crippen LogP contribution in [0.15, 0.2) is 29.3 Å². The highest BCUT2D eigenvalue weighted by Gasteiger charge is 2.11. The molecule has 1 aromatic rings. The largest absolute Gasteiger partial charge is 0.306 e. The summed E-state index contributed by atoms with van der Waals surface area (Å²) in [5.74, 6) is 0. The van der Waals surface area contributed by atoms with E-state index in [0.29, 0.717) is 5.56 Å². The summed E-state index contributed by atoms with van der Waals surface area (Å²) in [6, 6.07) is 7.13. The van der Waals surface area contributed by atoms with Crippen molar-refractivity contribution in [3.63, 3.8) is 0 Å². The number of hydrogen-bond donors (Lipinski definition) is 2. The van der Waals surface area contributed by atoms with Crippen molar-refractivity contribution >= 4 is 26.9 Å². The van der Waals surface area contributed by atoms with Gasteiger partial charge >= 0.3 is 0 Å². The molecule has 0 amide bonds. The molecular formula is C11H13N3O2S. The molecule has 1 rings (SSSR count). The summed E-state index contributed by atoms with van der Waals surface area (Å²) in [6.07, 6.45) is 1.85. The fraction of sp³-hybridized carbons (Fsp3) is 0.182. The molecule has 0 aliphatic carbocycles. The van der Waals surface area contributed by atoms with Gasteiger partial charge in [-0.25, -0.2) is 13.4 Å². The number of nitrogens with zero attached hydrogens (tertiary/aromatic N) is 1. The minimum atomic E-state index is -3.63. The Kier molecular flexibility index (Phi) is 3.90. The minimum Gasteiger partial charge on any atom is -0.306 e. The van der Waals surface area contributed by atoms with E-state index in [0.717, 1.165) is 18.0 Å². The second-order valence-electron chi connectivity index (χ2n) is 3.58. The molecule has 90 valence electrons. The highest BCUT2D eigenvalue weighted by Crippen LogP contribution is 2.05. The number of amidine groups is 1. The lowest BCUT2D eigenvalue weighted by molar-refractivity contribution is 0.612. The van der Waals surface area contributed by atoms with Gasteiger partial charge < -0.3 is 5.41 Å². The van der Waals surface area contributed by atoms with E-state index in [1.165, 1.54) is 0 Å². The molecule has 0 bridgehead atoms. The molecule has 0 unspecified atom stereocenters. The van der Waals surface area contributed by atoms with Crippen LogP contribution in [0.3, 0.4) is 0 Å². The number of sulfone groups is 1. The Morgan fingerprint density at radius 2 is 1.82 bits per heavy atom. The van der Waals surface area contributed by atoms with Gasteiger partial charge in [0.2, 0.25) is 15.0 Å². The highest BCUT2D eigenvalue weighted by molar-refractivity contribution is 8.05. The van der Waals surface area contributed by atoms with Gasteiger partial charge in [0.05, 0.1) is 5.71 Å². The van der Waals surface area contributed by atoms with Gasteiger partial charge in [0, 0.05) is 18.0 Å². The normalized spacial score (nSPS) is 12.2. The minimum absolute atomic E-state index is 0.153. The smallest absolute Gasteiger partial charge is 0.239 e. The predicted molar refractivity (Wildman–Crippen MR) is 69.1 cm³/mol. The monoisotopic (exact) mass is 251 g/mol. The van der Waals surface area contributed by atoms with Crippen molar-refractivity contribution in [3.8, 4) is 0 Å². The van der Waals surface area contributed by atoms with Crippen molar-refractivity contribution in [3.05, 3.63) is 35.4 Å². The van der Waals surface area contributed by atoms with Crippen molar-refractivity contribution < 1.29 is 8.42 Å². The summed E-state index contributed by atoms with van der Waals surface area (Å²) in [5, 5.41) is 13.7. The van der Waals surface area contributed by atoms with E-state index < -0.39 is 15.0 Å². The number of benzene rings is 1. The van der Waals surface area contributed by atoms with Crippen LogP contribution in [-0.4, -0.2) is 31.8 Å². The van der Waals surface area contributed by atoms with E-state index >= 15 is 0 Å². The molecular weight excluding hydrogens is 238 g/mol. The Morgan fingerprint density at radius 1 is 1.29 bits per heavy atom.